The van der Waals surface area contributed by atoms with Gasteiger partial charge in [0.05, 0.1) is 0 Å². The molecule has 1 saturated carbocycles. The summed E-state index contributed by atoms with van der Waals surface area (Å²) in [5, 5.41) is 0. The maximum absolute atomic E-state index is 2.56. The topological polar surface area (TPSA) is 0 Å². The summed E-state index contributed by atoms with van der Waals surface area (Å²) in [5.41, 5.74) is 6.91. The third-order valence-electron chi connectivity index (χ3n) is 5.30. The molecule has 0 spiro atoms. The zero-order valence-corrected chi connectivity index (χ0v) is 12.2. The second-order valence-corrected chi connectivity index (χ2v) is 7.08. The molecule has 0 heterocycles. The summed E-state index contributed by atoms with van der Waals surface area (Å²) in [6.07, 6.45) is 9.77. The molecule has 0 heteroatoms. The van der Waals surface area contributed by atoms with E-state index in [2.05, 4.69) is 32.9 Å². The lowest BCUT2D eigenvalue weighted by atomic mass is 9.79. The van der Waals surface area contributed by atoms with Gasteiger partial charge in [-0.3, -0.25) is 0 Å². The Balaban J connectivity index is 2.00. The van der Waals surface area contributed by atoms with Gasteiger partial charge in [0.1, 0.15) is 0 Å². The molecule has 0 unspecified atom stereocenters. The Morgan fingerprint density at radius 2 is 1.78 bits per heavy atom. The number of hydrogen-bond acceptors (Lipinski definition) is 0. The summed E-state index contributed by atoms with van der Waals surface area (Å²) in [6.45, 7) is 7.17. The molecule has 98 valence electrons. The van der Waals surface area contributed by atoms with Crippen LogP contribution in [0.2, 0.25) is 0 Å². The van der Waals surface area contributed by atoms with Crippen LogP contribution in [-0.2, 0) is 11.8 Å². The van der Waals surface area contributed by atoms with E-state index in [1.807, 2.05) is 0 Å². The lowest BCUT2D eigenvalue weighted by molar-refractivity contribution is 0.442. The summed E-state index contributed by atoms with van der Waals surface area (Å²) in [7, 11) is 0. The van der Waals surface area contributed by atoms with Crippen LogP contribution < -0.4 is 0 Å². The van der Waals surface area contributed by atoms with E-state index in [4.69, 9.17) is 0 Å². The van der Waals surface area contributed by atoms with Crippen molar-refractivity contribution in [1.82, 2.24) is 0 Å². The molecule has 0 atom stereocenters. The number of fused-ring (bicyclic) bond motifs is 1. The highest BCUT2D eigenvalue weighted by Crippen LogP contribution is 2.43. The summed E-state index contributed by atoms with van der Waals surface area (Å²) < 4.78 is 0. The van der Waals surface area contributed by atoms with Crippen molar-refractivity contribution in [2.45, 2.75) is 77.0 Å². The van der Waals surface area contributed by atoms with Gasteiger partial charge in [0.15, 0.2) is 0 Å². The Kier molecular flexibility index (Phi) is 3.00. The van der Waals surface area contributed by atoms with E-state index in [-0.39, 0.29) is 0 Å². The van der Waals surface area contributed by atoms with Gasteiger partial charge >= 0.3 is 0 Å². The smallest absolute Gasteiger partial charge is 0.00975 e. The fraction of sp³-hybridized carbons (Fsp3) is 0.667. The first kappa shape index (κ1) is 12.3. The van der Waals surface area contributed by atoms with Gasteiger partial charge < -0.3 is 0 Å². The fourth-order valence-corrected chi connectivity index (χ4v) is 4.02. The van der Waals surface area contributed by atoms with Crippen molar-refractivity contribution in [2.75, 3.05) is 0 Å². The van der Waals surface area contributed by atoms with E-state index in [9.17, 15) is 0 Å². The van der Waals surface area contributed by atoms with E-state index in [0.29, 0.717) is 5.41 Å². The van der Waals surface area contributed by atoms with Crippen molar-refractivity contribution in [3.8, 4) is 0 Å². The first-order valence-electron chi connectivity index (χ1n) is 7.72. The first-order valence-corrected chi connectivity index (χ1v) is 7.72. The molecule has 3 rings (SSSR count). The molecule has 0 N–H and O–H groups in total. The summed E-state index contributed by atoms with van der Waals surface area (Å²) >= 11 is 0. The molecule has 0 nitrogen and oxygen atoms in total. The highest BCUT2D eigenvalue weighted by Gasteiger charge is 2.31. The largest absolute Gasteiger partial charge is 0.0558 e. The Labute approximate surface area is 112 Å². The van der Waals surface area contributed by atoms with Crippen LogP contribution >= 0.6 is 0 Å². The minimum Gasteiger partial charge on any atom is -0.0558 e. The van der Waals surface area contributed by atoms with Crippen LogP contribution in [0.25, 0.3) is 0 Å². The number of aryl methyl sites for hydroxylation is 1. The van der Waals surface area contributed by atoms with E-state index in [1.165, 1.54) is 44.9 Å². The van der Waals surface area contributed by atoms with Gasteiger partial charge in [-0.2, -0.15) is 0 Å². The molecular weight excluding hydrogens is 216 g/mol. The minimum absolute atomic E-state index is 0.408. The van der Waals surface area contributed by atoms with Gasteiger partial charge in [0.2, 0.25) is 0 Å². The van der Waals surface area contributed by atoms with Crippen LogP contribution in [0.1, 0.15) is 80.5 Å². The number of rotatable bonds is 1. The predicted molar refractivity (Wildman–Crippen MR) is 78.4 cm³/mol. The monoisotopic (exact) mass is 242 g/mol. The molecule has 1 aromatic rings. The normalized spacial score (nSPS) is 23.1. The molecule has 2 aliphatic rings. The average Bonchev–Trinajstić information content (AvgIpc) is 2.67. The summed E-state index contributed by atoms with van der Waals surface area (Å²) in [6, 6.07) is 5.06. The Morgan fingerprint density at radius 3 is 2.50 bits per heavy atom. The summed E-state index contributed by atoms with van der Waals surface area (Å²) in [4.78, 5) is 0. The first-order chi connectivity index (χ1) is 8.58. The second-order valence-electron chi connectivity index (χ2n) is 7.08. The maximum atomic E-state index is 2.56. The van der Waals surface area contributed by atoms with Crippen LogP contribution in [0.5, 0.6) is 0 Å². The van der Waals surface area contributed by atoms with Crippen molar-refractivity contribution < 1.29 is 0 Å². The van der Waals surface area contributed by atoms with Gasteiger partial charge in [-0.05, 0) is 66.2 Å². The van der Waals surface area contributed by atoms with E-state index in [0.717, 1.165) is 5.92 Å². The van der Waals surface area contributed by atoms with Gasteiger partial charge in [-0.25, -0.2) is 0 Å². The zero-order valence-electron chi connectivity index (χ0n) is 12.2. The minimum atomic E-state index is 0.408. The Morgan fingerprint density at radius 1 is 1.06 bits per heavy atom. The average molecular weight is 242 g/mol. The SMILES string of the molecule is Cc1cc(C2CCCCC2)cc2c1CCC2(C)C. The molecule has 1 fully saturated rings. The second kappa shape index (κ2) is 4.40. The molecule has 0 saturated heterocycles. The Bertz CT molecular complexity index is 447. The highest BCUT2D eigenvalue weighted by atomic mass is 14.4. The van der Waals surface area contributed by atoms with Gasteiger partial charge in [-0.1, -0.05) is 45.2 Å². The molecule has 0 aromatic heterocycles. The van der Waals surface area contributed by atoms with Crippen LogP contribution in [0.15, 0.2) is 12.1 Å². The molecule has 0 aliphatic heterocycles. The lowest BCUT2D eigenvalue weighted by Crippen LogP contribution is -2.13. The maximum Gasteiger partial charge on any atom is -0.00975 e. The molecule has 18 heavy (non-hydrogen) atoms. The van der Waals surface area contributed by atoms with Crippen molar-refractivity contribution in [2.24, 2.45) is 0 Å². The number of hydrogen-bond donors (Lipinski definition) is 0. The van der Waals surface area contributed by atoms with Crippen molar-refractivity contribution in [3.05, 3.63) is 34.4 Å². The molecule has 0 bridgehead atoms. The molecule has 2 aliphatic carbocycles. The molecule has 0 radical (unpaired) electrons. The third-order valence-corrected chi connectivity index (χ3v) is 5.30. The number of benzene rings is 1. The highest BCUT2D eigenvalue weighted by molar-refractivity contribution is 5.46. The lowest BCUT2D eigenvalue weighted by Gasteiger charge is -2.26. The quantitative estimate of drug-likeness (QED) is 0.629. The predicted octanol–water partition coefficient (Wildman–Crippen LogP) is 5.27. The van der Waals surface area contributed by atoms with Crippen molar-refractivity contribution >= 4 is 0 Å². The summed E-state index contributed by atoms with van der Waals surface area (Å²) in [5.74, 6) is 0.846. The fourth-order valence-electron chi connectivity index (χ4n) is 4.02. The molecule has 1 aromatic carbocycles. The van der Waals surface area contributed by atoms with E-state index in [1.54, 1.807) is 22.3 Å². The van der Waals surface area contributed by atoms with Crippen LogP contribution in [0, 0.1) is 6.92 Å². The van der Waals surface area contributed by atoms with Crippen molar-refractivity contribution in [1.29, 1.82) is 0 Å². The van der Waals surface area contributed by atoms with Crippen LogP contribution in [0.4, 0.5) is 0 Å². The van der Waals surface area contributed by atoms with E-state index < -0.39 is 0 Å². The molecular formula is C18H26. The standard InChI is InChI=1S/C18H26/c1-13-11-15(14-7-5-4-6-8-14)12-17-16(13)9-10-18(17,2)3/h11-12,14H,4-10H2,1-3H3. The van der Waals surface area contributed by atoms with Gasteiger partial charge in [0, 0.05) is 0 Å². The molecule has 0 amide bonds. The van der Waals surface area contributed by atoms with Gasteiger partial charge in [0.25, 0.3) is 0 Å². The third kappa shape index (κ3) is 2.00. The van der Waals surface area contributed by atoms with Crippen molar-refractivity contribution in [3.63, 3.8) is 0 Å². The van der Waals surface area contributed by atoms with E-state index >= 15 is 0 Å². The zero-order chi connectivity index (χ0) is 12.8. The Hall–Kier alpha value is -0.780. The van der Waals surface area contributed by atoms with Gasteiger partial charge in [-0.15, -0.1) is 0 Å². The van der Waals surface area contributed by atoms with Crippen LogP contribution in [0.3, 0.4) is 0 Å². The van der Waals surface area contributed by atoms with Crippen LogP contribution in [-0.4, -0.2) is 0 Å².